The Hall–Kier alpha value is -0.860. The van der Waals surface area contributed by atoms with Gasteiger partial charge < -0.3 is 9.53 Å². The monoisotopic (exact) mass is 170 g/mol. The number of aldehydes is 1. The van der Waals surface area contributed by atoms with E-state index in [1.54, 1.807) is 0 Å². The largest absolute Gasteiger partial charge is 0.465 e. The summed E-state index contributed by atoms with van der Waals surface area (Å²) in [5.74, 6) is 0.477. The quantitative estimate of drug-likeness (QED) is 0.471. The van der Waals surface area contributed by atoms with Crippen molar-refractivity contribution in [2.24, 2.45) is 11.8 Å². The molecule has 2 atom stereocenters. The van der Waals surface area contributed by atoms with Gasteiger partial charge in [-0.25, -0.2) is 0 Å². The molecule has 0 aromatic heterocycles. The predicted octanol–water partition coefficient (Wildman–Crippen LogP) is 1.16. The van der Waals surface area contributed by atoms with Gasteiger partial charge in [-0.1, -0.05) is 13.3 Å². The Balaban J connectivity index is 2.49. The molecule has 3 nitrogen and oxygen atoms in total. The Morgan fingerprint density at radius 3 is 2.92 bits per heavy atom. The maximum Gasteiger partial charge on any atom is 0.306 e. The van der Waals surface area contributed by atoms with Crippen LogP contribution in [-0.4, -0.2) is 18.9 Å². The van der Waals surface area contributed by atoms with Gasteiger partial charge in [0.15, 0.2) is 0 Å². The van der Waals surface area contributed by atoms with Gasteiger partial charge in [0.25, 0.3) is 0 Å². The summed E-state index contributed by atoms with van der Waals surface area (Å²) in [5, 5.41) is 0. The number of rotatable bonds is 3. The molecule has 0 radical (unpaired) electrons. The molecule has 12 heavy (non-hydrogen) atoms. The van der Waals surface area contributed by atoms with Crippen LogP contribution in [0, 0.1) is 11.8 Å². The summed E-state index contributed by atoms with van der Waals surface area (Å²) in [6, 6.07) is 0. The summed E-state index contributed by atoms with van der Waals surface area (Å²) in [6.45, 7) is 2.47. The molecule has 1 heterocycles. The number of ether oxygens (including phenoxy) is 1. The number of hydrogen-bond acceptors (Lipinski definition) is 3. The summed E-state index contributed by atoms with van der Waals surface area (Å²) in [6.07, 6.45) is 2.86. The van der Waals surface area contributed by atoms with Crippen molar-refractivity contribution in [2.45, 2.75) is 26.2 Å². The fourth-order valence-corrected chi connectivity index (χ4v) is 1.64. The van der Waals surface area contributed by atoms with Crippen LogP contribution in [0.4, 0.5) is 0 Å². The molecule has 3 heteroatoms. The lowest BCUT2D eigenvalue weighted by atomic mass is 9.84. The maximum absolute atomic E-state index is 10.9. The zero-order valence-electron chi connectivity index (χ0n) is 7.29. The number of esters is 1. The first-order valence-corrected chi connectivity index (χ1v) is 4.37. The van der Waals surface area contributed by atoms with Gasteiger partial charge in [0.1, 0.15) is 6.29 Å². The van der Waals surface area contributed by atoms with Gasteiger partial charge in [0.05, 0.1) is 6.61 Å². The van der Waals surface area contributed by atoms with Crippen LogP contribution in [0.25, 0.3) is 0 Å². The van der Waals surface area contributed by atoms with Gasteiger partial charge in [-0.05, 0) is 5.92 Å². The highest BCUT2D eigenvalue weighted by atomic mass is 16.5. The fraction of sp³-hybridized carbons (Fsp3) is 0.778. The van der Waals surface area contributed by atoms with Crippen LogP contribution < -0.4 is 0 Å². The van der Waals surface area contributed by atoms with Gasteiger partial charge in [0, 0.05) is 18.8 Å². The number of carbonyl (C=O) groups excluding carboxylic acids is 2. The van der Waals surface area contributed by atoms with E-state index in [0.717, 1.165) is 12.7 Å². The molecule has 0 bridgehead atoms. The zero-order valence-corrected chi connectivity index (χ0v) is 7.29. The van der Waals surface area contributed by atoms with E-state index in [9.17, 15) is 9.59 Å². The molecule has 0 aromatic rings. The van der Waals surface area contributed by atoms with Crippen molar-refractivity contribution in [3.8, 4) is 0 Å². The number of carbonyl (C=O) groups is 2. The van der Waals surface area contributed by atoms with Crippen molar-refractivity contribution in [2.75, 3.05) is 6.61 Å². The third-order valence-electron chi connectivity index (χ3n) is 2.48. The van der Waals surface area contributed by atoms with Gasteiger partial charge in [-0.3, -0.25) is 4.79 Å². The van der Waals surface area contributed by atoms with Crippen molar-refractivity contribution >= 4 is 12.3 Å². The van der Waals surface area contributed by atoms with E-state index in [1.165, 1.54) is 0 Å². The molecule has 1 rings (SSSR count). The molecule has 0 spiro atoms. The average Bonchev–Trinajstić information content (AvgIpc) is 2.08. The Kier molecular flexibility index (Phi) is 3.26. The highest BCUT2D eigenvalue weighted by Gasteiger charge is 2.28. The van der Waals surface area contributed by atoms with Crippen molar-refractivity contribution < 1.29 is 14.3 Å². The first-order valence-electron chi connectivity index (χ1n) is 4.37. The summed E-state index contributed by atoms with van der Waals surface area (Å²) in [7, 11) is 0. The summed E-state index contributed by atoms with van der Waals surface area (Å²) in [5.41, 5.74) is 0. The van der Waals surface area contributed by atoms with Crippen LogP contribution in [0.2, 0.25) is 0 Å². The van der Waals surface area contributed by atoms with E-state index < -0.39 is 0 Å². The maximum atomic E-state index is 10.9. The van der Waals surface area contributed by atoms with Crippen molar-refractivity contribution in [1.29, 1.82) is 0 Å². The Labute approximate surface area is 72.1 Å². The minimum absolute atomic E-state index is 0.121. The van der Waals surface area contributed by atoms with Crippen molar-refractivity contribution in [1.82, 2.24) is 0 Å². The lowest BCUT2D eigenvalue weighted by Crippen LogP contribution is -2.30. The van der Waals surface area contributed by atoms with Crippen molar-refractivity contribution in [3.63, 3.8) is 0 Å². The summed E-state index contributed by atoms with van der Waals surface area (Å²) >= 11 is 0. The van der Waals surface area contributed by atoms with Crippen LogP contribution in [0.15, 0.2) is 0 Å². The van der Waals surface area contributed by atoms with E-state index in [4.69, 9.17) is 4.74 Å². The molecule has 68 valence electrons. The molecule has 1 saturated heterocycles. The minimum atomic E-state index is -0.121. The van der Waals surface area contributed by atoms with Gasteiger partial charge >= 0.3 is 5.97 Å². The van der Waals surface area contributed by atoms with E-state index in [-0.39, 0.29) is 11.9 Å². The van der Waals surface area contributed by atoms with E-state index in [1.807, 2.05) is 6.92 Å². The van der Waals surface area contributed by atoms with Gasteiger partial charge in [0.2, 0.25) is 0 Å². The lowest BCUT2D eigenvalue weighted by molar-refractivity contribution is -0.153. The lowest BCUT2D eigenvalue weighted by Gasteiger charge is -2.28. The minimum Gasteiger partial charge on any atom is -0.465 e. The summed E-state index contributed by atoms with van der Waals surface area (Å²) in [4.78, 5) is 21.1. The fourth-order valence-electron chi connectivity index (χ4n) is 1.64. The molecule has 0 amide bonds. The average molecular weight is 170 g/mol. The van der Waals surface area contributed by atoms with E-state index in [0.29, 0.717) is 25.4 Å². The molecule has 1 aliphatic heterocycles. The standard InChI is InChI=1S/C9H14O3/c1-2-7-5-9(11)12-6-8(7)3-4-10/h4,7-8H,2-3,5-6H2,1H3. The molecule has 0 aliphatic carbocycles. The third-order valence-corrected chi connectivity index (χ3v) is 2.48. The summed E-state index contributed by atoms with van der Waals surface area (Å²) < 4.78 is 4.88. The number of hydrogen-bond donors (Lipinski definition) is 0. The molecule has 0 aromatic carbocycles. The van der Waals surface area contributed by atoms with Crippen LogP contribution >= 0.6 is 0 Å². The first kappa shape index (κ1) is 9.23. The smallest absolute Gasteiger partial charge is 0.306 e. The Bertz CT molecular complexity index is 177. The number of cyclic esters (lactones) is 1. The second-order valence-corrected chi connectivity index (χ2v) is 3.22. The molecule has 1 fully saturated rings. The van der Waals surface area contributed by atoms with Gasteiger partial charge in [-0.15, -0.1) is 0 Å². The van der Waals surface area contributed by atoms with Crippen LogP contribution in [0.5, 0.6) is 0 Å². The predicted molar refractivity (Wildman–Crippen MR) is 43.5 cm³/mol. The van der Waals surface area contributed by atoms with Crippen LogP contribution in [-0.2, 0) is 14.3 Å². The van der Waals surface area contributed by atoms with Gasteiger partial charge in [-0.2, -0.15) is 0 Å². The topological polar surface area (TPSA) is 43.4 Å². The highest BCUT2D eigenvalue weighted by Crippen LogP contribution is 2.27. The second kappa shape index (κ2) is 4.24. The normalized spacial score (nSPS) is 29.6. The molecule has 2 unspecified atom stereocenters. The zero-order chi connectivity index (χ0) is 8.97. The first-order chi connectivity index (χ1) is 5.77. The van der Waals surface area contributed by atoms with Crippen LogP contribution in [0.1, 0.15) is 26.2 Å². The molecule has 1 aliphatic rings. The second-order valence-electron chi connectivity index (χ2n) is 3.22. The molecule has 0 saturated carbocycles. The van der Waals surface area contributed by atoms with E-state index >= 15 is 0 Å². The highest BCUT2D eigenvalue weighted by molar-refractivity contribution is 5.70. The Morgan fingerprint density at radius 2 is 2.33 bits per heavy atom. The molecular weight excluding hydrogens is 156 g/mol. The molecule has 0 N–H and O–H groups in total. The molecular formula is C9H14O3. The van der Waals surface area contributed by atoms with E-state index in [2.05, 4.69) is 0 Å². The van der Waals surface area contributed by atoms with Crippen LogP contribution in [0.3, 0.4) is 0 Å². The van der Waals surface area contributed by atoms with Crippen molar-refractivity contribution in [3.05, 3.63) is 0 Å². The Morgan fingerprint density at radius 1 is 1.58 bits per heavy atom. The third kappa shape index (κ3) is 2.06. The SMILES string of the molecule is CCC1CC(=O)OCC1CC=O.